The Morgan fingerprint density at radius 2 is 1.40 bits per heavy atom. The summed E-state index contributed by atoms with van der Waals surface area (Å²) >= 11 is 0. The molecule has 2 rings (SSSR count). The molecule has 1 N–H and O–H groups in total. The van der Waals surface area contributed by atoms with E-state index in [2.05, 4.69) is 50.5 Å². The highest BCUT2D eigenvalue weighted by atomic mass is 16.5. The minimum atomic E-state index is 0.900. The average Bonchev–Trinajstić information content (AvgIpc) is 2.48. The quantitative estimate of drug-likeness (QED) is 0.851. The lowest BCUT2D eigenvalue weighted by Crippen LogP contribution is -3.05. The van der Waals surface area contributed by atoms with Crippen LogP contribution in [0.15, 0.2) is 48.5 Å². The monoisotopic (exact) mass is 270 g/mol. The highest BCUT2D eigenvalue weighted by molar-refractivity contribution is 5.64. The van der Waals surface area contributed by atoms with Crippen LogP contribution in [0.5, 0.6) is 5.75 Å². The Morgan fingerprint density at radius 3 is 1.90 bits per heavy atom. The average molecular weight is 270 g/mol. The molecule has 0 aliphatic carbocycles. The molecule has 20 heavy (non-hydrogen) atoms. The fraction of sp³-hybridized carbons (Fsp3) is 0.333. The molecule has 2 aromatic carbocycles. The van der Waals surface area contributed by atoms with Gasteiger partial charge in [-0.15, -0.1) is 0 Å². The summed E-state index contributed by atoms with van der Waals surface area (Å²) in [7, 11) is 6.10. The molecule has 0 fully saturated rings. The van der Waals surface area contributed by atoms with E-state index in [1.807, 2.05) is 12.1 Å². The van der Waals surface area contributed by atoms with Crippen LogP contribution in [0.2, 0.25) is 0 Å². The van der Waals surface area contributed by atoms with E-state index in [0.29, 0.717) is 0 Å². The van der Waals surface area contributed by atoms with Gasteiger partial charge in [0.15, 0.2) is 0 Å². The summed E-state index contributed by atoms with van der Waals surface area (Å²) < 4.78 is 5.19. The molecule has 0 aliphatic rings. The van der Waals surface area contributed by atoms with Gasteiger partial charge in [0, 0.05) is 6.42 Å². The number of nitrogens with one attached hydrogen (secondary N) is 1. The smallest absolute Gasteiger partial charge is 0.118 e. The van der Waals surface area contributed by atoms with Gasteiger partial charge < -0.3 is 9.64 Å². The molecular formula is C18H24NO+. The molecule has 0 unspecified atom stereocenters. The third kappa shape index (κ3) is 4.10. The number of quaternary nitrogens is 1. The maximum Gasteiger partial charge on any atom is 0.118 e. The predicted molar refractivity (Wildman–Crippen MR) is 84.4 cm³/mol. The van der Waals surface area contributed by atoms with Gasteiger partial charge in [0.1, 0.15) is 5.75 Å². The van der Waals surface area contributed by atoms with Gasteiger partial charge in [0.25, 0.3) is 0 Å². The first-order valence-corrected chi connectivity index (χ1v) is 7.21. The van der Waals surface area contributed by atoms with E-state index >= 15 is 0 Å². The number of rotatable bonds is 6. The third-order valence-electron chi connectivity index (χ3n) is 3.52. The molecule has 106 valence electrons. The highest BCUT2D eigenvalue weighted by Crippen LogP contribution is 2.22. The molecular weight excluding hydrogens is 246 g/mol. The summed E-state index contributed by atoms with van der Waals surface area (Å²) in [5.41, 5.74) is 3.91. The molecule has 0 bridgehead atoms. The molecule has 0 radical (unpaired) electrons. The van der Waals surface area contributed by atoms with Crippen LogP contribution >= 0.6 is 0 Å². The largest absolute Gasteiger partial charge is 0.497 e. The van der Waals surface area contributed by atoms with E-state index in [0.717, 1.165) is 12.2 Å². The minimum Gasteiger partial charge on any atom is -0.497 e. The van der Waals surface area contributed by atoms with Crippen molar-refractivity contribution in [1.82, 2.24) is 0 Å². The summed E-state index contributed by atoms with van der Waals surface area (Å²) in [5, 5.41) is 0. The van der Waals surface area contributed by atoms with Gasteiger partial charge in [0.05, 0.1) is 27.7 Å². The van der Waals surface area contributed by atoms with Crippen molar-refractivity contribution < 1.29 is 9.64 Å². The van der Waals surface area contributed by atoms with E-state index in [4.69, 9.17) is 4.74 Å². The molecule has 0 aromatic heterocycles. The fourth-order valence-corrected chi connectivity index (χ4v) is 2.29. The number of hydrogen-bond acceptors (Lipinski definition) is 1. The summed E-state index contributed by atoms with van der Waals surface area (Å²) in [6.07, 6.45) is 2.40. The van der Waals surface area contributed by atoms with E-state index in [9.17, 15) is 0 Å². The predicted octanol–water partition coefficient (Wildman–Crippen LogP) is 2.44. The maximum absolute atomic E-state index is 5.19. The van der Waals surface area contributed by atoms with E-state index < -0.39 is 0 Å². The zero-order valence-electron chi connectivity index (χ0n) is 12.6. The fourth-order valence-electron chi connectivity index (χ4n) is 2.29. The number of ether oxygens (including phenoxy) is 1. The summed E-state index contributed by atoms with van der Waals surface area (Å²) in [4.78, 5) is 1.51. The molecule has 0 amide bonds. The first-order valence-electron chi connectivity index (χ1n) is 7.21. The van der Waals surface area contributed by atoms with Crippen molar-refractivity contribution in [2.45, 2.75) is 12.8 Å². The van der Waals surface area contributed by atoms with Crippen LogP contribution in [-0.2, 0) is 6.42 Å². The molecule has 0 aliphatic heterocycles. The van der Waals surface area contributed by atoms with Crippen molar-refractivity contribution >= 4 is 0 Å². The van der Waals surface area contributed by atoms with E-state index in [1.54, 1.807) is 7.11 Å². The second-order valence-electron chi connectivity index (χ2n) is 5.49. The Labute approximate surface area is 122 Å². The van der Waals surface area contributed by atoms with Crippen molar-refractivity contribution in [2.75, 3.05) is 27.7 Å². The van der Waals surface area contributed by atoms with Gasteiger partial charge in [-0.3, -0.25) is 0 Å². The van der Waals surface area contributed by atoms with Crippen LogP contribution in [0.3, 0.4) is 0 Å². The third-order valence-corrected chi connectivity index (χ3v) is 3.52. The molecule has 0 saturated heterocycles. The zero-order chi connectivity index (χ0) is 14.4. The molecule has 2 aromatic rings. The lowest BCUT2D eigenvalue weighted by atomic mass is 10.0. The zero-order valence-corrected chi connectivity index (χ0v) is 12.6. The SMILES string of the molecule is COc1ccc(-c2ccc(CCC[NH+](C)C)cc2)cc1. The van der Waals surface area contributed by atoms with Crippen LogP contribution in [0.1, 0.15) is 12.0 Å². The van der Waals surface area contributed by atoms with Crippen molar-refractivity contribution in [3.63, 3.8) is 0 Å². The van der Waals surface area contributed by atoms with Gasteiger partial charge in [-0.1, -0.05) is 36.4 Å². The maximum atomic E-state index is 5.19. The van der Waals surface area contributed by atoms with Crippen molar-refractivity contribution in [3.05, 3.63) is 54.1 Å². The standard InChI is InChI=1S/C18H23NO/c1-19(2)14-4-5-15-6-8-16(9-7-15)17-10-12-18(20-3)13-11-17/h6-13H,4-5,14H2,1-3H3/p+1. The van der Waals surface area contributed by atoms with E-state index in [-0.39, 0.29) is 0 Å². The Morgan fingerprint density at radius 1 is 0.850 bits per heavy atom. The number of benzene rings is 2. The number of aryl methyl sites for hydroxylation is 1. The lowest BCUT2D eigenvalue weighted by Gasteiger charge is -2.08. The highest BCUT2D eigenvalue weighted by Gasteiger charge is 2.00. The molecule has 2 heteroatoms. The van der Waals surface area contributed by atoms with Gasteiger partial charge in [0.2, 0.25) is 0 Å². The molecule has 0 spiro atoms. The van der Waals surface area contributed by atoms with Crippen molar-refractivity contribution in [2.24, 2.45) is 0 Å². The Bertz CT molecular complexity index is 514. The topological polar surface area (TPSA) is 13.7 Å². The molecule has 0 atom stereocenters. The summed E-state index contributed by atoms with van der Waals surface area (Å²) in [6.45, 7) is 1.22. The van der Waals surface area contributed by atoms with Crippen molar-refractivity contribution in [3.8, 4) is 16.9 Å². The van der Waals surface area contributed by atoms with Crippen LogP contribution in [-0.4, -0.2) is 27.7 Å². The van der Waals surface area contributed by atoms with Crippen LogP contribution in [0.25, 0.3) is 11.1 Å². The minimum absolute atomic E-state index is 0.900. The number of methoxy groups -OCH3 is 1. The lowest BCUT2D eigenvalue weighted by molar-refractivity contribution is -0.858. The Kier molecular flexibility index (Phi) is 5.19. The second kappa shape index (κ2) is 7.11. The molecule has 0 saturated carbocycles. The normalized spacial score (nSPS) is 10.8. The first-order chi connectivity index (χ1) is 9.69. The van der Waals surface area contributed by atoms with Gasteiger partial charge >= 0.3 is 0 Å². The number of hydrogen-bond donors (Lipinski definition) is 1. The summed E-state index contributed by atoms with van der Waals surface area (Å²) in [5.74, 6) is 0.900. The first kappa shape index (κ1) is 14.6. The molecule has 2 nitrogen and oxygen atoms in total. The van der Waals surface area contributed by atoms with Crippen molar-refractivity contribution in [1.29, 1.82) is 0 Å². The molecule has 0 heterocycles. The summed E-state index contributed by atoms with van der Waals surface area (Å²) in [6, 6.07) is 17.1. The van der Waals surface area contributed by atoms with E-state index in [1.165, 1.54) is 34.6 Å². The Hall–Kier alpha value is -1.80. The second-order valence-corrected chi connectivity index (χ2v) is 5.49. The van der Waals surface area contributed by atoms with Gasteiger partial charge in [-0.05, 0) is 35.2 Å². The van der Waals surface area contributed by atoms with Crippen LogP contribution < -0.4 is 9.64 Å². The van der Waals surface area contributed by atoms with Crippen LogP contribution in [0, 0.1) is 0 Å². The van der Waals surface area contributed by atoms with Gasteiger partial charge in [-0.25, -0.2) is 0 Å². The Balaban J connectivity index is 1.99. The van der Waals surface area contributed by atoms with Crippen LogP contribution in [0.4, 0.5) is 0 Å². The van der Waals surface area contributed by atoms with Gasteiger partial charge in [-0.2, -0.15) is 0 Å².